The Labute approximate surface area is 110 Å². The number of pyridine rings is 1. The van der Waals surface area contributed by atoms with Gasteiger partial charge in [-0.25, -0.2) is 0 Å². The lowest BCUT2D eigenvalue weighted by atomic mass is 10.2. The van der Waals surface area contributed by atoms with Crippen LogP contribution in [0.2, 0.25) is 0 Å². The number of nitrogens with one attached hydrogen (secondary N) is 1. The first kappa shape index (κ1) is 14.6. The second kappa shape index (κ2) is 7.10. The zero-order valence-electron chi connectivity index (χ0n) is 10.5. The number of aromatic nitrogens is 1. The van der Waals surface area contributed by atoms with Crippen LogP contribution in [0.5, 0.6) is 0 Å². The fraction of sp³-hybridized carbons (Fsp3) is 0.333. The number of nitrogens with zero attached hydrogens (tertiary/aromatic N) is 1. The van der Waals surface area contributed by atoms with Gasteiger partial charge >= 0.3 is 5.97 Å². The first-order valence-corrected chi connectivity index (χ1v) is 5.71. The molecule has 0 spiro atoms. The average molecular weight is 265 g/mol. The predicted octanol–water partition coefficient (Wildman–Crippen LogP) is -0.381. The molecule has 0 aromatic carbocycles. The number of primary amides is 1. The number of ether oxygens (including phenoxy) is 1. The lowest BCUT2D eigenvalue weighted by Crippen LogP contribution is -2.46. The van der Waals surface area contributed by atoms with E-state index < -0.39 is 23.8 Å². The van der Waals surface area contributed by atoms with Gasteiger partial charge in [-0.2, -0.15) is 0 Å². The molecule has 1 heterocycles. The van der Waals surface area contributed by atoms with Crippen molar-refractivity contribution in [2.75, 3.05) is 6.61 Å². The molecule has 0 fully saturated rings. The fourth-order valence-corrected chi connectivity index (χ4v) is 1.34. The Hall–Kier alpha value is -2.44. The maximum atomic E-state index is 11.8. The van der Waals surface area contributed by atoms with Gasteiger partial charge in [0, 0.05) is 6.20 Å². The number of esters is 1. The quantitative estimate of drug-likeness (QED) is 0.681. The molecular weight excluding hydrogens is 250 g/mol. The standard InChI is InChI=1S/C12H15N3O4/c1-2-19-10(16)7-9(11(13)17)15-12(18)8-5-3-4-6-14-8/h3-6,9H,2,7H2,1H3,(H2,13,17)(H,15,18)/t9-/m0/s1. The summed E-state index contributed by atoms with van der Waals surface area (Å²) in [7, 11) is 0. The number of rotatable bonds is 6. The molecule has 7 nitrogen and oxygen atoms in total. The van der Waals surface area contributed by atoms with Gasteiger partial charge in [-0.3, -0.25) is 19.4 Å². The van der Waals surface area contributed by atoms with Crippen LogP contribution in [0.15, 0.2) is 24.4 Å². The minimum Gasteiger partial charge on any atom is -0.466 e. The van der Waals surface area contributed by atoms with Crippen LogP contribution in [0.3, 0.4) is 0 Å². The topological polar surface area (TPSA) is 111 Å². The minimum atomic E-state index is -1.12. The van der Waals surface area contributed by atoms with Crippen LogP contribution in [0.1, 0.15) is 23.8 Å². The molecule has 3 N–H and O–H groups in total. The third-order valence-corrected chi connectivity index (χ3v) is 2.22. The Morgan fingerprint density at radius 2 is 2.16 bits per heavy atom. The summed E-state index contributed by atoms with van der Waals surface area (Å²) in [5.74, 6) is -1.99. The van der Waals surface area contributed by atoms with Crippen LogP contribution in [0.4, 0.5) is 0 Å². The third-order valence-electron chi connectivity index (χ3n) is 2.22. The molecule has 0 unspecified atom stereocenters. The second-order valence-electron chi connectivity index (χ2n) is 3.65. The molecule has 0 aliphatic heterocycles. The van der Waals surface area contributed by atoms with Crippen LogP contribution in [-0.2, 0) is 14.3 Å². The summed E-state index contributed by atoms with van der Waals surface area (Å²) in [6.45, 7) is 1.84. The first-order chi connectivity index (χ1) is 9.04. The number of nitrogens with two attached hydrogens (primary N) is 1. The molecule has 0 aliphatic rings. The highest BCUT2D eigenvalue weighted by Gasteiger charge is 2.23. The van der Waals surface area contributed by atoms with Crippen LogP contribution < -0.4 is 11.1 Å². The van der Waals surface area contributed by atoms with Gasteiger partial charge in [0.1, 0.15) is 11.7 Å². The van der Waals surface area contributed by atoms with Crippen molar-refractivity contribution in [3.05, 3.63) is 30.1 Å². The molecule has 0 bridgehead atoms. The van der Waals surface area contributed by atoms with E-state index >= 15 is 0 Å². The maximum absolute atomic E-state index is 11.8. The Kier molecular flexibility index (Phi) is 5.46. The average Bonchev–Trinajstić information content (AvgIpc) is 2.39. The van der Waals surface area contributed by atoms with Gasteiger partial charge in [0.15, 0.2) is 0 Å². The van der Waals surface area contributed by atoms with E-state index in [4.69, 9.17) is 10.5 Å². The van der Waals surface area contributed by atoms with Crippen LogP contribution in [-0.4, -0.2) is 35.4 Å². The van der Waals surface area contributed by atoms with Crippen LogP contribution >= 0.6 is 0 Å². The van der Waals surface area contributed by atoms with E-state index in [2.05, 4.69) is 10.3 Å². The first-order valence-electron chi connectivity index (χ1n) is 5.71. The van der Waals surface area contributed by atoms with Crippen molar-refractivity contribution in [2.45, 2.75) is 19.4 Å². The Bertz CT molecular complexity index is 461. The molecule has 19 heavy (non-hydrogen) atoms. The summed E-state index contributed by atoms with van der Waals surface area (Å²) in [4.78, 5) is 38.1. The summed E-state index contributed by atoms with van der Waals surface area (Å²) in [5.41, 5.74) is 5.26. The highest BCUT2D eigenvalue weighted by atomic mass is 16.5. The van der Waals surface area contributed by atoms with Gasteiger partial charge in [-0.05, 0) is 19.1 Å². The third kappa shape index (κ3) is 4.74. The molecule has 0 saturated heterocycles. The van der Waals surface area contributed by atoms with E-state index in [0.717, 1.165) is 0 Å². The Morgan fingerprint density at radius 3 is 2.68 bits per heavy atom. The van der Waals surface area contributed by atoms with Crippen molar-refractivity contribution >= 4 is 17.8 Å². The molecule has 0 aliphatic carbocycles. The largest absolute Gasteiger partial charge is 0.466 e. The van der Waals surface area contributed by atoms with Crippen LogP contribution in [0, 0.1) is 0 Å². The molecule has 0 saturated carbocycles. The Balaban J connectivity index is 2.66. The van der Waals surface area contributed by atoms with E-state index in [1.165, 1.54) is 12.3 Å². The van der Waals surface area contributed by atoms with Gasteiger partial charge in [-0.15, -0.1) is 0 Å². The number of hydrogen-bond acceptors (Lipinski definition) is 5. The monoisotopic (exact) mass is 265 g/mol. The van der Waals surface area contributed by atoms with Crippen molar-refractivity contribution < 1.29 is 19.1 Å². The van der Waals surface area contributed by atoms with E-state index in [-0.39, 0.29) is 18.7 Å². The molecule has 7 heteroatoms. The molecule has 2 amide bonds. The summed E-state index contributed by atoms with van der Waals surface area (Å²) in [6, 6.07) is 3.65. The fourth-order valence-electron chi connectivity index (χ4n) is 1.34. The SMILES string of the molecule is CCOC(=O)C[C@H](NC(=O)c1ccccn1)C(N)=O. The van der Waals surface area contributed by atoms with Gasteiger partial charge in [0.25, 0.3) is 5.91 Å². The molecule has 1 atom stereocenters. The van der Waals surface area contributed by atoms with E-state index in [0.29, 0.717) is 0 Å². The van der Waals surface area contributed by atoms with Crippen molar-refractivity contribution in [3.63, 3.8) is 0 Å². The van der Waals surface area contributed by atoms with Gasteiger partial charge in [0.05, 0.1) is 13.0 Å². The smallest absolute Gasteiger partial charge is 0.308 e. The molecule has 1 aromatic rings. The zero-order valence-corrected chi connectivity index (χ0v) is 10.5. The number of carbonyl (C=O) groups excluding carboxylic acids is 3. The predicted molar refractivity (Wildman–Crippen MR) is 65.9 cm³/mol. The number of hydrogen-bond donors (Lipinski definition) is 2. The van der Waals surface area contributed by atoms with Gasteiger partial charge in [-0.1, -0.05) is 6.07 Å². The normalized spacial score (nSPS) is 11.4. The summed E-state index contributed by atoms with van der Waals surface area (Å²) < 4.78 is 4.70. The highest BCUT2D eigenvalue weighted by Crippen LogP contribution is 1.99. The maximum Gasteiger partial charge on any atom is 0.308 e. The lowest BCUT2D eigenvalue weighted by Gasteiger charge is -2.14. The van der Waals surface area contributed by atoms with Crippen molar-refractivity contribution in [2.24, 2.45) is 5.73 Å². The van der Waals surface area contributed by atoms with Gasteiger partial charge in [0.2, 0.25) is 5.91 Å². The van der Waals surface area contributed by atoms with E-state index in [1.807, 2.05) is 0 Å². The second-order valence-corrected chi connectivity index (χ2v) is 3.65. The lowest BCUT2D eigenvalue weighted by molar-refractivity contribution is -0.145. The molecular formula is C12H15N3O4. The van der Waals surface area contributed by atoms with Crippen molar-refractivity contribution in [1.29, 1.82) is 0 Å². The molecule has 0 radical (unpaired) electrons. The molecule has 1 aromatic heterocycles. The zero-order chi connectivity index (χ0) is 14.3. The van der Waals surface area contributed by atoms with E-state index in [1.54, 1.807) is 19.1 Å². The Morgan fingerprint density at radius 1 is 1.42 bits per heavy atom. The number of amides is 2. The summed E-state index contributed by atoms with van der Waals surface area (Å²) >= 11 is 0. The summed E-state index contributed by atoms with van der Waals surface area (Å²) in [5, 5.41) is 2.35. The highest BCUT2D eigenvalue weighted by molar-refractivity contribution is 5.96. The molecule has 1 rings (SSSR count). The minimum absolute atomic E-state index is 0.137. The van der Waals surface area contributed by atoms with Gasteiger partial charge < -0.3 is 15.8 Å². The van der Waals surface area contributed by atoms with Crippen molar-refractivity contribution in [3.8, 4) is 0 Å². The number of carbonyl (C=O) groups is 3. The summed E-state index contributed by atoms with van der Waals surface area (Å²) in [6.07, 6.45) is 1.14. The molecule has 102 valence electrons. The van der Waals surface area contributed by atoms with E-state index in [9.17, 15) is 14.4 Å². The van der Waals surface area contributed by atoms with Crippen LogP contribution in [0.25, 0.3) is 0 Å². The van der Waals surface area contributed by atoms with Crippen molar-refractivity contribution in [1.82, 2.24) is 10.3 Å².